The lowest BCUT2D eigenvalue weighted by Crippen LogP contribution is -2.21. The largest absolute Gasteiger partial charge is 0.416 e. The van der Waals surface area contributed by atoms with Crippen LogP contribution in [0, 0.1) is 5.41 Å². The van der Waals surface area contributed by atoms with Gasteiger partial charge in [-0.15, -0.1) is 4.33 Å². The highest BCUT2D eigenvalue weighted by atomic mass is 32.2. The minimum absolute atomic E-state index is 0.0857. The summed E-state index contributed by atoms with van der Waals surface area (Å²) in [5, 5.41) is 12.6. The molecule has 0 saturated heterocycles. The molecule has 146 valence electrons. The number of fused-ring (bicyclic) bond motifs is 1. The number of rotatable bonds is 7. The summed E-state index contributed by atoms with van der Waals surface area (Å²) in [6, 6.07) is 3.90. The Balaban J connectivity index is 2.18. The van der Waals surface area contributed by atoms with Crippen molar-refractivity contribution in [3.8, 4) is 0 Å². The van der Waals surface area contributed by atoms with Gasteiger partial charge in [0.25, 0.3) is 0 Å². The van der Waals surface area contributed by atoms with Crippen molar-refractivity contribution < 1.29 is 27.8 Å². The number of thioether (sulfide) groups is 1. The number of allylic oxidation sites excluding steroid dienone is 1. The van der Waals surface area contributed by atoms with Gasteiger partial charge in [0.05, 0.1) is 16.3 Å². The predicted molar refractivity (Wildman–Crippen MR) is 98.7 cm³/mol. The number of benzene rings is 1. The molecular weight excluding hydrogens is 387 g/mol. The van der Waals surface area contributed by atoms with E-state index < -0.39 is 11.7 Å². The molecule has 1 heterocycles. The first-order valence-corrected chi connectivity index (χ1v) is 9.84. The van der Waals surface area contributed by atoms with Crippen molar-refractivity contribution in [1.29, 1.82) is 0 Å². The average Bonchev–Trinajstić information content (AvgIpc) is 2.84. The lowest BCUT2D eigenvalue weighted by molar-refractivity contribution is -0.432. The highest BCUT2D eigenvalue weighted by molar-refractivity contribution is 8.03. The Kier molecular flexibility index (Phi) is 7.32. The summed E-state index contributed by atoms with van der Waals surface area (Å²) in [6.45, 7) is 6.78. The molecule has 0 amide bonds. The molecule has 1 aromatic carbocycles. The van der Waals surface area contributed by atoms with E-state index in [1.165, 1.54) is 17.8 Å². The molecule has 26 heavy (non-hydrogen) atoms. The Bertz CT molecular complexity index is 645. The Morgan fingerprint density at radius 2 is 1.96 bits per heavy atom. The van der Waals surface area contributed by atoms with Crippen LogP contribution in [0.2, 0.25) is 0 Å². The van der Waals surface area contributed by atoms with E-state index in [4.69, 9.17) is 5.26 Å². The minimum atomic E-state index is -4.36. The number of halogens is 3. The van der Waals surface area contributed by atoms with Crippen LogP contribution in [0.1, 0.15) is 39.2 Å². The molecule has 1 N–H and O–H groups in total. The molecule has 1 aliphatic rings. The predicted octanol–water partition coefficient (Wildman–Crippen LogP) is 6.35. The number of hydrogen-bond acceptors (Lipinski definition) is 6. The van der Waals surface area contributed by atoms with Gasteiger partial charge in [0, 0.05) is 29.2 Å². The Morgan fingerprint density at radius 1 is 1.23 bits per heavy atom. The summed E-state index contributed by atoms with van der Waals surface area (Å²) >= 11 is 2.48. The van der Waals surface area contributed by atoms with Gasteiger partial charge in [-0.1, -0.05) is 37.6 Å². The van der Waals surface area contributed by atoms with Gasteiger partial charge in [0.15, 0.2) is 0 Å². The zero-order valence-electron chi connectivity index (χ0n) is 14.8. The third kappa shape index (κ3) is 6.09. The van der Waals surface area contributed by atoms with E-state index in [0.717, 1.165) is 40.9 Å². The smallest absolute Gasteiger partial charge is 0.335 e. The molecule has 0 aliphatic carbocycles. The summed E-state index contributed by atoms with van der Waals surface area (Å²) in [5.74, 6) is 0.606. The van der Waals surface area contributed by atoms with E-state index in [2.05, 4.69) is 36.2 Å². The Labute approximate surface area is 159 Å². The van der Waals surface area contributed by atoms with Crippen molar-refractivity contribution in [3.63, 3.8) is 0 Å². The Hall–Kier alpha value is -0.870. The molecule has 2 rings (SSSR count). The van der Waals surface area contributed by atoms with Crippen LogP contribution >= 0.6 is 23.8 Å². The summed E-state index contributed by atoms with van der Waals surface area (Å²) in [4.78, 5) is 2.79. The van der Waals surface area contributed by atoms with Crippen molar-refractivity contribution in [3.05, 3.63) is 34.9 Å². The molecular formula is C17H22F3NO3S2. The third-order valence-electron chi connectivity index (χ3n) is 3.55. The fourth-order valence-corrected chi connectivity index (χ4v) is 4.25. The van der Waals surface area contributed by atoms with Crippen LogP contribution < -0.4 is 4.90 Å². The monoisotopic (exact) mass is 409 g/mol. The second-order valence-electron chi connectivity index (χ2n) is 6.95. The molecule has 1 aromatic rings. The van der Waals surface area contributed by atoms with E-state index in [1.54, 1.807) is 6.07 Å². The van der Waals surface area contributed by atoms with E-state index in [-0.39, 0.29) is 5.41 Å². The fourth-order valence-electron chi connectivity index (χ4n) is 2.47. The molecule has 9 heteroatoms. The summed E-state index contributed by atoms with van der Waals surface area (Å²) < 4.78 is 43.6. The van der Waals surface area contributed by atoms with Crippen molar-refractivity contribution in [1.82, 2.24) is 0 Å². The number of hydrogen-bond donors (Lipinski definition) is 1. The maximum Gasteiger partial charge on any atom is 0.416 e. The van der Waals surface area contributed by atoms with Gasteiger partial charge in [0.2, 0.25) is 0 Å². The van der Waals surface area contributed by atoms with Gasteiger partial charge >= 0.3 is 6.18 Å². The minimum Gasteiger partial charge on any atom is -0.335 e. The molecule has 0 aromatic heterocycles. The molecule has 0 spiro atoms. The molecule has 0 atom stereocenters. The first kappa shape index (κ1) is 21.4. The quantitative estimate of drug-likeness (QED) is 0.245. The number of anilines is 1. The van der Waals surface area contributed by atoms with Crippen molar-refractivity contribution >= 4 is 29.5 Å². The SMILES string of the molecule is CC(C)(C)/C=C1\Sc2ccc(C(F)(F)F)cc2N1CCCCSOOO. The van der Waals surface area contributed by atoms with Gasteiger partial charge in [0.1, 0.15) is 0 Å². The van der Waals surface area contributed by atoms with Gasteiger partial charge in [-0.2, -0.15) is 13.2 Å². The molecule has 0 unspecified atom stereocenters. The lowest BCUT2D eigenvalue weighted by Gasteiger charge is -2.24. The van der Waals surface area contributed by atoms with Crippen LogP contribution in [0.25, 0.3) is 0 Å². The van der Waals surface area contributed by atoms with Gasteiger partial charge in [-0.3, -0.25) is 0 Å². The standard InChI is InChI=1S/C17H22F3NO3S2/c1-16(2,3)11-15-21(8-4-5-9-25-24-23-22)13-10-12(17(18,19)20)6-7-14(13)26-15/h6-7,10-11,22H,4-5,8-9H2,1-3H3/b15-11-. The van der Waals surface area contributed by atoms with Crippen LogP contribution in [0.15, 0.2) is 34.2 Å². The summed E-state index contributed by atoms with van der Waals surface area (Å²) in [6.07, 6.45) is -0.742. The molecule has 0 radical (unpaired) electrons. The molecule has 0 bridgehead atoms. The van der Waals surface area contributed by atoms with Crippen molar-refractivity contribution in [2.24, 2.45) is 5.41 Å². The fraction of sp³-hybridized carbons (Fsp3) is 0.529. The number of nitrogens with zero attached hydrogens (tertiary/aromatic N) is 1. The van der Waals surface area contributed by atoms with Crippen LogP contribution in [-0.2, 0) is 15.5 Å². The normalized spacial score (nSPS) is 16.4. The van der Waals surface area contributed by atoms with E-state index in [0.29, 0.717) is 18.0 Å². The van der Waals surface area contributed by atoms with Crippen LogP contribution in [0.3, 0.4) is 0 Å². The molecule has 0 fully saturated rings. The maximum absolute atomic E-state index is 13.1. The third-order valence-corrected chi connectivity index (χ3v) is 5.28. The first-order chi connectivity index (χ1) is 12.1. The van der Waals surface area contributed by atoms with Crippen molar-refractivity contribution in [2.45, 2.75) is 44.7 Å². The van der Waals surface area contributed by atoms with Gasteiger partial charge in [-0.25, -0.2) is 5.26 Å². The first-order valence-electron chi connectivity index (χ1n) is 8.11. The topological polar surface area (TPSA) is 41.9 Å². The second kappa shape index (κ2) is 8.88. The van der Waals surface area contributed by atoms with Crippen LogP contribution in [0.4, 0.5) is 18.9 Å². The van der Waals surface area contributed by atoms with Gasteiger partial charge < -0.3 is 4.90 Å². The highest BCUT2D eigenvalue weighted by Gasteiger charge is 2.34. The van der Waals surface area contributed by atoms with Gasteiger partial charge in [-0.05, 0) is 42.5 Å². The van der Waals surface area contributed by atoms with Crippen LogP contribution in [-0.4, -0.2) is 17.6 Å². The highest BCUT2D eigenvalue weighted by Crippen LogP contribution is 2.49. The number of unbranched alkanes of at least 4 members (excludes halogenated alkanes) is 1. The summed E-state index contributed by atoms with van der Waals surface area (Å²) in [5.41, 5.74) is -0.122. The zero-order chi connectivity index (χ0) is 19.4. The number of alkyl halides is 3. The lowest BCUT2D eigenvalue weighted by atomic mass is 9.97. The molecule has 1 aliphatic heterocycles. The molecule has 4 nitrogen and oxygen atoms in total. The summed E-state index contributed by atoms with van der Waals surface area (Å²) in [7, 11) is 0. The Morgan fingerprint density at radius 3 is 2.58 bits per heavy atom. The zero-order valence-corrected chi connectivity index (χ0v) is 16.4. The van der Waals surface area contributed by atoms with E-state index in [1.807, 2.05) is 4.90 Å². The van der Waals surface area contributed by atoms with Crippen LogP contribution in [0.5, 0.6) is 0 Å². The maximum atomic E-state index is 13.1. The van der Waals surface area contributed by atoms with E-state index >= 15 is 0 Å². The molecule has 0 saturated carbocycles. The average molecular weight is 409 g/mol. The second-order valence-corrected chi connectivity index (χ2v) is 8.80. The van der Waals surface area contributed by atoms with E-state index in [9.17, 15) is 13.2 Å². The van der Waals surface area contributed by atoms with Crippen molar-refractivity contribution in [2.75, 3.05) is 17.2 Å².